The monoisotopic (exact) mass is 205 g/mol. The highest BCUT2D eigenvalue weighted by Crippen LogP contribution is 2.06. The summed E-state index contributed by atoms with van der Waals surface area (Å²) in [5, 5.41) is 1.56. The second-order valence-corrected chi connectivity index (χ2v) is 8.35. The zero-order valence-corrected chi connectivity index (χ0v) is 9.84. The molecule has 2 rings (SSSR count). The average molecular weight is 205 g/mol. The van der Waals surface area contributed by atoms with Gasteiger partial charge in [0.25, 0.3) is 0 Å². The maximum absolute atomic E-state index is 5.55. The molecular formula is C10H13OSi2. The number of hydrogen-bond donors (Lipinski definition) is 0. The van der Waals surface area contributed by atoms with Crippen molar-refractivity contribution in [3.05, 3.63) is 29.8 Å². The summed E-state index contributed by atoms with van der Waals surface area (Å²) in [7, 11) is 0.426. The van der Waals surface area contributed by atoms with Gasteiger partial charge in [0.2, 0.25) is 9.28 Å². The van der Waals surface area contributed by atoms with Gasteiger partial charge < -0.3 is 4.43 Å². The second kappa shape index (κ2) is 4.22. The van der Waals surface area contributed by atoms with E-state index in [1.807, 2.05) is 0 Å². The molecule has 3 heteroatoms. The van der Waals surface area contributed by atoms with Crippen molar-refractivity contribution in [1.29, 1.82) is 0 Å². The van der Waals surface area contributed by atoms with Crippen LogP contribution in [-0.4, -0.2) is 24.2 Å². The summed E-state index contributed by atoms with van der Waals surface area (Å²) in [5.41, 5.74) is 1.38. The fraction of sp³-hybridized carbons (Fsp3) is 0.400. The van der Waals surface area contributed by atoms with E-state index >= 15 is 0 Å². The Hall–Kier alpha value is -0.386. The van der Waals surface area contributed by atoms with Crippen LogP contribution in [0.1, 0.15) is 12.0 Å². The van der Waals surface area contributed by atoms with E-state index in [1.54, 1.807) is 5.19 Å². The Labute approximate surface area is 83.5 Å². The zero-order chi connectivity index (χ0) is 9.10. The van der Waals surface area contributed by atoms with E-state index in [0.29, 0.717) is 0 Å². The van der Waals surface area contributed by atoms with Gasteiger partial charge in [-0.2, -0.15) is 0 Å². The molecule has 0 saturated carbocycles. The summed E-state index contributed by atoms with van der Waals surface area (Å²) in [6, 6.07) is 10.3. The average Bonchev–Trinajstić information content (AvgIpc) is 2.19. The normalized spacial score (nSPS) is 18.8. The molecule has 0 unspecified atom stereocenters. The van der Waals surface area contributed by atoms with Crippen LogP contribution in [0.3, 0.4) is 0 Å². The predicted octanol–water partition coefficient (Wildman–Crippen LogP) is 1.23. The van der Waals surface area contributed by atoms with E-state index in [1.165, 1.54) is 18.0 Å². The molecule has 1 aromatic rings. The lowest BCUT2D eigenvalue weighted by Crippen LogP contribution is -2.41. The fourth-order valence-corrected chi connectivity index (χ4v) is 6.16. The highest BCUT2D eigenvalue weighted by atomic mass is 29.2. The quantitative estimate of drug-likeness (QED) is 0.627. The molecule has 1 fully saturated rings. The van der Waals surface area contributed by atoms with Crippen LogP contribution in [0.2, 0.25) is 6.04 Å². The Bertz CT molecular complexity index is 282. The van der Waals surface area contributed by atoms with Crippen molar-refractivity contribution < 1.29 is 4.43 Å². The molecule has 3 radical (unpaired) electrons. The molecule has 1 aliphatic heterocycles. The largest absolute Gasteiger partial charge is 0.421 e. The van der Waals surface area contributed by atoms with Crippen molar-refractivity contribution in [1.82, 2.24) is 0 Å². The number of aryl methyl sites for hydroxylation is 1. The van der Waals surface area contributed by atoms with Crippen molar-refractivity contribution >= 4 is 22.8 Å². The molecule has 1 nitrogen and oxygen atoms in total. The minimum atomic E-state index is -0.342. The molecule has 1 heterocycles. The second-order valence-electron chi connectivity index (χ2n) is 3.40. The Morgan fingerprint density at radius 2 is 2.38 bits per heavy atom. The van der Waals surface area contributed by atoms with Crippen LogP contribution < -0.4 is 5.19 Å². The van der Waals surface area contributed by atoms with Gasteiger partial charge in [0.15, 0.2) is 0 Å². The summed E-state index contributed by atoms with van der Waals surface area (Å²) in [4.78, 5) is 0. The molecule has 0 amide bonds. The van der Waals surface area contributed by atoms with Crippen LogP contribution in [-0.2, 0) is 4.43 Å². The summed E-state index contributed by atoms with van der Waals surface area (Å²) in [6.45, 7) is 3.15. The molecule has 0 spiro atoms. The molecule has 0 bridgehead atoms. The topological polar surface area (TPSA) is 9.23 Å². The third-order valence-electron chi connectivity index (χ3n) is 2.24. The first-order valence-corrected chi connectivity index (χ1v) is 8.28. The predicted molar refractivity (Wildman–Crippen MR) is 57.7 cm³/mol. The standard InChI is InChI=1S/C10H13OSi2/c1-9-4-2-5-10(8-9)13-7-3-6-11-12-13/h2,4-5,8H,3,6-7H2,1H3. The Morgan fingerprint density at radius 1 is 1.46 bits per heavy atom. The van der Waals surface area contributed by atoms with E-state index in [0.717, 1.165) is 15.9 Å². The van der Waals surface area contributed by atoms with E-state index < -0.39 is 0 Å². The summed E-state index contributed by atoms with van der Waals surface area (Å²) in [6.07, 6.45) is 1.26. The highest BCUT2D eigenvalue weighted by Gasteiger charge is 2.19. The Morgan fingerprint density at radius 3 is 3.08 bits per heavy atom. The van der Waals surface area contributed by atoms with Gasteiger partial charge in [0.1, 0.15) is 8.31 Å². The molecule has 0 aromatic heterocycles. The van der Waals surface area contributed by atoms with E-state index in [9.17, 15) is 0 Å². The number of rotatable bonds is 1. The lowest BCUT2D eigenvalue weighted by molar-refractivity contribution is 0.336. The molecule has 67 valence electrons. The van der Waals surface area contributed by atoms with E-state index in [2.05, 4.69) is 31.2 Å². The molecule has 0 aliphatic carbocycles. The first kappa shape index (κ1) is 9.18. The maximum atomic E-state index is 5.55. The maximum Gasteiger partial charge on any atom is 0.215 e. The van der Waals surface area contributed by atoms with Gasteiger partial charge >= 0.3 is 0 Å². The molecule has 0 atom stereocenters. The van der Waals surface area contributed by atoms with Gasteiger partial charge in [0.05, 0.1) is 0 Å². The first-order chi connectivity index (χ1) is 6.36. The van der Waals surface area contributed by atoms with Gasteiger partial charge in [-0.15, -0.1) is 0 Å². The third-order valence-corrected chi connectivity index (χ3v) is 7.48. The lowest BCUT2D eigenvalue weighted by atomic mass is 10.2. The summed E-state index contributed by atoms with van der Waals surface area (Å²) >= 11 is 0. The lowest BCUT2D eigenvalue weighted by Gasteiger charge is -2.19. The van der Waals surface area contributed by atoms with Gasteiger partial charge in [-0.1, -0.05) is 41.1 Å². The summed E-state index contributed by atoms with van der Waals surface area (Å²) < 4.78 is 5.55. The van der Waals surface area contributed by atoms with Crippen molar-refractivity contribution in [3.8, 4) is 0 Å². The van der Waals surface area contributed by atoms with E-state index in [4.69, 9.17) is 4.43 Å². The Kier molecular flexibility index (Phi) is 2.98. The van der Waals surface area contributed by atoms with Crippen LogP contribution in [0.5, 0.6) is 0 Å². The van der Waals surface area contributed by atoms with Gasteiger partial charge in [-0.25, -0.2) is 0 Å². The number of benzene rings is 1. The van der Waals surface area contributed by atoms with Crippen LogP contribution in [0.4, 0.5) is 0 Å². The van der Waals surface area contributed by atoms with Crippen LogP contribution in [0.15, 0.2) is 24.3 Å². The zero-order valence-electron chi connectivity index (χ0n) is 7.84. The van der Waals surface area contributed by atoms with Gasteiger partial charge in [0, 0.05) is 6.61 Å². The number of hydrogen-bond acceptors (Lipinski definition) is 1. The van der Waals surface area contributed by atoms with Crippen molar-refractivity contribution in [3.63, 3.8) is 0 Å². The fourth-order valence-electron chi connectivity index (χ4n) is 1.55. The van der Waals surface area contributed by atoms with Crippen LogP contribution in [0, 0.1) is 6.92 Å². The smallest absolute Gasteiger partial charge is 0.215 e. The van der Waals surface area contributed by atoms with Gasteiger partial charge in [-0.3, -0.25) is 0 Å². The van der Waals surface area contributed by atoms with E-state index in [-0.39, 0.29) is 8.31 Å². The molecule has 1 aliphatic rings. The molecule has 0 N–H and O–H groups in total. The summed E-state index contributed by atoms with van der Waals surface area (Å²) in [5.74, 6) is 0. The third kappa shape index (κ3) is 2.30. The highest BCUT2D eigenvalue weighted by molar-refractivity contribution is 7.17. The van der Waals surface area contributed by atoms with Gasteiger partial charge in [-0.05, 0) is 13.3 Å². The van der Waals surface area contributed by atoms with Crippen LogP contribution >= 0.6 is 0 Å². The molecule has 1 aromatic carbocycles. The van der Waals surface area contributed by atoms with Crippen molar-refractivity contribution in [2.45, 2.75) is 19.4 Å². The molecule has 13 heavy (non-hydrogen) atoms. The SMILES string of the molecule is Cc1cccc([Si]2CCCO[Si]2)c1. The molecule has 1 saturated heterocycles. The first-order valence-electron chi connectivity index (χ1n) is 4.67. The minimum absolute atomic E-state index is 0.342. The Balaban J connectivity index is 2.14. The minimum Gasteiger partial charge on any atom is -0.421 e. The van der Waals surface area contributed by atoms with Crippen LogP contribution in [0.25, 0.3) is 0 Å². The molecular weight excluding hydrogens is 192 g/mol. The van der Waals surface area contributed by atoms with Crippen molar-refractivity contribution in [2.75, 3.05) is 6.61 Å². The van der Waals surface area contributed by atoms with Crippen molar-refractivity contribution in [2.24, 2.45) is 0 Å².